The van der Waals surface area contributed by atoms with E-state index >= 15 is 0 Å². The van der Waals surface area contributed by atoms with Crippen LogP contribution in [0.15, 0.2) is 54.6 Å². The Hall–Kier alpha value is -3.70. The Balaban J connectivity index is 1.42. The highest BCUT2D eigenvalue weighted by molar-refractivity contribution is 7.18. The summed E-state index contributed by atoms with van der Waals surface area (Å²) in [6, 6.07) is 16.9. The summed E-state index contributed by atoms with van der Waals surface area (Å²) in [6.45, 7) is 4.61. The Bertz CT molecular complexity index is 1220. The van der Waals surface area contributed by atoms with E-state index in [0.29, 0.717) is 35.1 Å². The zero-order valence-corrected chi connectivity index (χ0v) is 19.0. The lowest BCUT2D eigenvalue weighted by Gasteiger charge is -2.23. The molecule has 0 aliphatic carbocycles. The van der Waals surface area contributed by atoms with E-state index in [4.69, 9.17) is 5.26 Å². The summed E-state index contributed by atoms with van der Waals surface area (Å²) in [5, 5.41) is 12.3. The first-order valence-electron chi connectivity index (χ1n) is 10.7. The van der Waals surface area contributed by atoms with Gasteiger partial charge in [-0.3, -0.25) is 9.59 Å². The van der Waals surface area contributed by atoms with Gasteiger partial charge in [0.2, 0.25) is 0 Å². The fourth-order valence-electron chi connectivity index (χ4n) is 3.84. The number of nitrogens with zero attached hydrogens (tertiary/aromatic N) is 3. The number of nitrogens with one attached hydrogen (secondary N) is 1. The molecule has 8 heteroatoms. The van der Waals surface area contributed by atoms with Crippen LogP contribution in [0.25, 0.3) is 0 Å². The van der Waals surface area contributed by atoms with E-state index in [1.807, 2.05) is 24.0 Å². The zero-order chi connectivity index (χ0) is 23.4. The predicted molar refractivity (Wildman–Crippen MR) is 127 cm³/mol. The van der Waals surface area contributed by atoms with Gasteiger partial charge in [-0.15, -0.1) is 11.3 Å². The Morgan fingerprint density at radius 2 is 1.85 bits per heavy atom. The molecule has 0 bridgehead atoms. The van der Waals surface area contributed by atoms with E-state index in [2.05, 4.69) is 16.3 Å². The van der Waals surface area contributed by atoms with E-state index in [-0.39, 0.29) is 11.5 Å². The summed E-state index contributed by atoms with van der Waals surface area (Å²) < 4.78 is 13.4. The lowest BCUT2D eigenvalue weighted by molar-refractivity contribution is 0.0771. The quantitative estimate of drug-likeness (QED) is 0.611. The normalized spacial score (nSPS) is 13.8. The van der Waals surface area contributed by atoms with Gasteiger partial charge in [-0.05, 0) is 67.4 Å². The standard InChI is InChI=1S/C25H23FN4O2S/c1-17-14-22(28-24(31)19-4-2-5-20(26)15-19)33-23(17)25(32)30-11-3-10-29(12-13-30)21-8-6-18(16-27)7-9-21/h2,4-9,14-15H,3,10-13H2,1H3,(H,28,31). The third-order valence-corrected chi connectivity index (χ3v) is 6.72. The second kappa shape index (κ2) is 9.84. The van der Waals surface area contributed by atoms with Crippen molar-refractivity contribution in [3.8, 4) is 6.07 Å². The molecular formula is C25H23FN4O2S. The van der Waals surface area contributed by atoms with Crippen LogP contribution >= 0.6 is 11.3 Å². The number of amides is 2. The summed E-state index contributed by atoms with van der Waals surface area (Å²) in [5.74, 6) is -0.940. The van der Waals surface area contributed by atoms with Crippen molar-refractivity contribution in [1.29, 1.82) is 5.26 Å². The molecule has 0 atom stereocenters. The molecule has 0 spiro atoms. The average molecular weight is 463 g/mol. The van der Waals surface area contributed by atoms with Crippen LogP contribution in [-0.4, -0.2) is 42.9 Å². The summed E-state index contributed by atoms with van der Waals surface area (Å²) in [6.07, 6.45) is 0.833. The van der Waals surface area contributed by atoms with Gasteiger partial charge in [0.25, 0.3) is 11.8 Å². The van der Waals surface area contributed by atoms with Gasteiger partial charge in [-0.1, -0.05) is 6.07 Å². The van der Waals surface area contributed by atoms with Gasteiger partial charge < -0.3 is 15.1 Å². The third-order valence-electron chi connectivity index (χ3n) is 5.58. The van der Waals surface area contributed by atoms with Crippen LogP contribution in [0.5, 0.6) is 0 Å². The summed E-state index contributed by atoms with van der Waals surface area (Å²) in [7, 11) is 0. The van der Waals surface area contributed by atoms with Crippen molar-refractivity contribution in [3.63, 3.8) is 0 Å². The van der Waals surface area contributed by atoms with E-state index in [1.165, 1.54) is 29.5 Å². The third kappa shape index (κ3) is 5.21. The van der Waals surface area contributed by atoms with Crippen molar-refractivity contribution in [3.05, 3.63) is 82.0 Å². The number of halogens is 1. The molecule has 33 heavy (non-hydrogen) atoms. The van der Waals surface area contributed by atoms with Gasteiger partial charge in [0.15, 0.2) is 0 Å². The molecule has 1 aliphatic rings. The van der Waals surface area contributed by atoms with Crippen molar-refractivity contribution < 1.29 is 14.0 Å². The largest absolute Gasteiger partial charge is 0.370 e. The van der Waals surface area contributed by atoms with Gasteiger partial charge in [-0.2, -0.15) is 5.26 Å². The van der Waals surface area contributed by atoms with E-state index in [9.17, 15) is 14.0 Å². The van der Waals surface area contributed by atoms with Crippen LogP contribution in [-0.2, 0) is 0 Å². The first-order chi connectivity index (χ1) is 15.9. The number of benzene rings is 2. The van der Waals surface area contributed by atoms with Crippen LogP contribution in [0.2, 0.25) is 0 Å². The lowest BCUT2D eigenvalue weighted by atomic mass is 10.2. The maximum Gasteiger partial charge on any atom is 0.264 e. The first kappa shape index (κ1) is 22.5. The van der Waals surface area contributed by atoms with E-state index < -0.39 is 11.7 Å². The van der Waals surface area contributed by atoms with E-state index in [1.54, 1.807) is 24.3 Å². The highest BCUT2D eigenvalue weighted by atomic mass is 32.1. The smallest absolute Gasteiger partial charge is 0.264 e. The van der Waals surface area contributed by atoms with Crippen LogP contribution < -0.4 is 10.2 Å². The van der Waals surface area contributed by atoms with Gasteiger partial charge in [-0.25, -0.2) is 4.39 Å². The minimum absolute atomic E-state index is 0.0505. The molecule has 0 radical (unpaired) electrons. The Morgan fingerprint density at radius 1 is 1.06 bits per heavy atom. The number of thiophene rings is 1. The molecule has 4 rings (SSSR count). The Kier molecular flexibility index (Phi) is 6.71. The number of aryl methyl sites for hydroxylation is 1. The zero-order valence-electron chi connectivity index (χ0n) is 18.2. The average Bonchev–Trinajstić information content (AvgIpc) is 3.02. The fraction of sp³-hybridized carbons (Fsp3) is 0.240. The highest BCUT2D eigenvalue weighted by Crippen LogP contribution is 2.29. The maximum absolute atomic E-state index is 13.4. The molecule has 1 fully saturated rings. The summed E-state index contributed by atoms with van der Waals surface area (Å²) in [4.78, 5) is 30.3. The van der Waals surface area contributed by atoms with Crippen molar-refractivity contribution in [2.45, 2.75) is 13.3 Å². The highest BCUT2D eigenvalue weighted by Gasteiger charge is 2.24. The lowest BCUT2D eigenvalue weighted by Crippen LogP contribution is -2.35. The van der Waals surface area contributed by atoms with Crippen molar-refractivity contribution in [2.24, 2.45) is 0 Å². The monoisotopic (exact) mass is 462 g/mol. The molecule has 2 heterocycles. The Labute approximate surface area is 195 Å². The van der Waals surface area contributed by atoms with Gasteiger partial charge >= 0.3 is 0 Å². The minimum atomic E-state index is -0.475. The minimum Gasteiger partial charge on any atom is -0.370 e. The number of anilines is 2. The molecule has 1 aromatic heterocycles. The number of nitriles is 1. The second-order valence-corrected chi connectivity index (χ2v) is 8.93. The molecule has 0 unspecified atom stereocenters. The molecule has 3 aromatic rings. The molecule has 1 saturated heterocycles. The first-order valence-corrected chi connectivity index (χ1v) is 11.5. The molecule has 168 valence electrons. The van der Waals surface area contributed by atoms with Crippen molar-refractivity contribution in [1.82, 2.24) is 4.90 Å². The SMILES string of the molecule is Cc1cc(NC(=O)c2cccc(F)c2)sc1C(=O)N1CCCN(c2ccc(C#N)cc2)CC1. The topological polar surface area (TPSA) is 76.4 Å². The fourth-order valence-corrected chi connectivity index (χ4v) is 4.87. The van der Waals surface area contributed by atoms with Crippen LogP contribution in [0, 0.1) is 24.1 Å². The van der Waals surface area contributed by atoms with Gasteiger partial charge in [0.1, 0.15) is 5.82 Å². The van der Waals surface area contributed by atoms with Crippen molar-refractivity contribution in [2.75, 3.05) is 36.4 Å². The molecule has 1 N–H and O–H groups in total. The Morgan fingerprint density at radius 3 is 2.58 bits per heavy atom. The van der Waals surface area contributed by atoms with Crippen LogP contribution in [0.1, 0.15) is 37.6 Å². The number of rotatable bonds is 4. The number of hydrogen-bond donors (Lipinski definition) is 1. The number of carbonyl (C=O) groups excluding carboxylic acids is 2. The van der Waals surface area contributed by atoms with Crippen LogP contribution in [0.3, 0.4) is 0 Å². The molecule has 6 nitrogen and oxygen atoms in total. The molecular weight excluding hydrogens is 439 g/mol. The van der Waals surface area contributed by atoms with Crippen molar-refractivity contribution >= 4 is 33.8 Å². The predicted octanol–water partition coefficient (Wildman–Crippen LogP) is 4.67. The molecule has 1 aliphatic heterocycles. The van der Waals surface area contributed by atoms with E-state index in [0.717, 1.165) is 24.2 Å². The number of hydrogen-bond acceptors (Lipinski definition) is 5. The number of carbonyl (C=O) groups is 2. The molecule has 2 amide bonds. The summed E-state index contributed by atoms with van der Waals surface area (Å²) in [5.41, 5.74) is 2.69. The molecule has 0 saturated carbocycles. The van der Waals surface area contributed by atoms with Crippen LogP contribution in [0.4, 0.5) is 15.1 Å². The summed E-state index contributed by atoms with van der Waals surface area (Å²) >= 11 is 1.24. The molecule has 2 aromatic carbocycles. The second-order valence-electron chi connectivity index (χ2n) is 7.88. The van der Waals surface area contributed by atoms with Gasteiger partial charge in [0, 0.05) is 37.4 Å². The maximum atomic E-state index is 13.4. The van der Waals surface area contributed by atoms with Gasteiger partial charge in [0.05, 0.1) is 21.5 Å².